The Bertz CT molecular complexity index is 1490. The number of carbonyl (C=O) groups excluding carboxylic acids is 1. The van der Waals surface area contributed by atoms with Crippen LogP contribution in [-0.2, 0) is 11.3 Å². The molecule has 0 saturated carbocycles. The molecule has 35 heavy (non-hydrogen) atoms. The van der Waals surface area contributed by atoms with Gasteiger partial charge in [-0.1, -0.05) is 49.4 Å². The van der Waals surface area contributed by atoms with E-state index < -0.39 is 5.97 Å². The lowest BCUT2D eigenvalue weighted by Gasteiger charge is -2.11. The van der Waals surface area contributed by atoms with Gasteiger partial charge in [-0.2, -0.15) is 0 Å². The van der Waals surface area contributed by atoms with Crippen molar-refractivity contribution in [3.05, 3.63) is 90.0 Å². The number of nitrogens with two attached hydrogens (primary N) is 1. The first kappa shape index (κ1) is 22.4. The molecule has 2 aromatic heterocycles. The maximum absolute atomic E-state index is 13.1. The number of anilines is 1. The Morgan fingerprint density at radius 2 is 1.60 bits per heavy atom. The van der Waals surface area contributed by atoms with E-state index in [9.17, 15) is 4.79 Å². The third-order valence-electron chi connectivity index (χ3n) is 5.93. The van der Waals surface area contributed by atoms with Crippen molar-refractivity contribution in [2.75, 3.05) is 5.73 Å². The van der Waals surface area contributed by atoms with Gasteiger partial charge in [0.15, 0.2) is 5.65 Å². The lowest BCUT2D eigenvalue weighted by molar-refractivity contribution is 0.0338. The first-order valence-electron chi connectivity index (χ1n) is 11.6. The smallest absolute Gasteiger partial charge is 0.344 e. The highest BCUT2D eigenvalue weighted by molar-refractivity contribution is 6.09. The molecule has 7 nitrogen and oxygen atoms in total. The Labute approximate surface area is 203 Å². The predicted octanol–water partition coefficient (Wildman–Crippen LogP) is 5.69. The van der Waals surface area contributed by atoms with Crippen molar-refractivity contribution < 1.29 is 14.3 Å². The molecule has 2 N–H and O–H groups in total. The molecular weight excluding hydrogens is 440 g/mol. The zero-order chi connectivity index (χ0) is 24.4. The summed E-state index contributed by atoms with van der Waals surface area (Å²) in [5.41, 5.74) is 10.9. The van der Waals surface area contributed by atoms with Crippen LogP contribution in [0.25, 0.3) is 27.9 Å². The molecule has 3 aromatic carbocycles. The van der Waals surface area contributed by atoms with Gasteiger partial charge in [-0.15, -0.1) is 0 Å². The molecule has 0 aliphatic carbocycles. The Kier molecular flexibility index (Phi) is 6.06. The average molecular weight is 467 g/mol. The lowest BCUT2D eigenvalue weighted by atomic mass is 10.2. The zero-order valence-corrected chi connectivity index (χ0v) is 19.6. The summed E-state index contributed by atoms with van der Waals surface area (Å²) in [6.45, 7) is 4.28. The minimum Gasteiger partial charge on any atom is -0.489 e. The van der Waals surface area contributed by atoms with Crippen molar-refractivity contribution in [3.63, 3.8) is 0 Å². The summed E-state index contributed by atoms with van der Waals surface area (Å²) in [4.78, 5) is 22.6. The van der Waals surface area contributed by atoms with Crippen molar-refractivity contribution in [1.82, 2.24) is 14.5 Å². The molecule has 0 aliphatic rings. The second kappa shape index (κ2) is 9.46. The van der Waals surface area contributed by atoms with Crippen LogP contribution in [-0.4, -0.2) is 26.6 Å². The summed E-state index contributed by atoms with van der Waals surface area (Å²) in [7, 11) is 0. The fourth-order valence-electron chi connectivity index (χ4n) is 3.88. The topological polar surface area (TPSA) is 92.3 Å². The molecule has 1 unspecified atom stereocenters. The van der Waals surface area contributed by atoms with Crippen LogP contribution in [0.3, 0.4) is 0 Å². The largest absolute Gasteiger partial charge is 0.489 e. The molecule has 176 valence electrons. The van der Waals surface area contributed by atoms with E-state index in [0.717, 1.165) is 17.0 Å². The van der Waals surface area contributed by atoms with Crippen molar-refractivity contribution in [2.24, 2.45) is 0 Å². The Hall–Kier alpha value is -4.39. The van der Waals surface area contributed by atoms with Crippen LogP contribution >= 0.6 is 0 Å². The van der Waals surface area contributed by atoms with E-state index in [2.05, 4.69) is 0 Å². The number of benzene rings is 3. The number of hydrogen-bond acceptors (Lipinski definition) is 6. The van der Waals surface area contributed by atoms with Gasteiger partial charge in [-0.05, 0) is 55.3 Å². The third-order valence-corrected chi connectivity index (χ3v) is 5.93. The second-order valence-electron chi connectivity index (χ2n) is 8.37. The van der Waals surface area contributed by atoms with Gasteiger partial charge < -0.3 is 15.2 Å². The monoisotopic (exact) mass is 466 g/mol. The van der Waals surface area contributed by atoms with Crippen molar-refractivity contribution in [1.29, 1.82) is 0 Å². The van der Waals surface area contributed by atoms with Crippen molar-refractivity contribution in [2.45, 2.75) is 33.0 Å². The number of carbonyl (C=O) groups is 1. The minimum atomic E-state index is -0.506. The van der Waals surface area contributed by atoms with Gasteiger partial charge in [0.2, 0.25) is 0 Å². The normalized spacial score (nSPS) is 12.1. The fourth-order valence-corrected chi connectivity index (χ4v) is 3.88. The van der Waals surface area contributed by atoms with Gasteiger partial charge in [-0.3, -0.25) is 4.57 Å². The first-order valence-corrected chi connectivity index (χ1v) is 11.6. The highest BCUT2D eigenvalue weighted by atomic mass is 16.5. The van der Waals surface area contributed by atoms with Crippen molar-refractivity contribution in [3.8, 4) is 11.4 Å². The summed E-state index contributed by atoms with van der Waals surface area (Å²) in [5.74, 6) is 0.454. The highest BCUT2D eigenvalue weighted by Gasteiger charge is 2.26. The van der Waals surface area contributed by atoms with Crippen LogP contribution in [0.15, 0.2) is 78.9 Å². The van der Waals surface area contributed by atoms with E-state index in [1.54, 1.807) is 4.57 Å². The van der Waals surface area contributed by atoms with E-state index in [1.807, 2.05) is 92.7 Å². The number of esters is 1. The third kappa shape index (κ3) is 4.40. The van der Waals surface area contributed by atoms with Crippen LogP contribution in [0, 0.1) is 0 Å². The van der Waals surface area contributed by atoms with E-state index in [4.69, 9.17) is 25.2 Å². The number of hydrogen-bond donors (Lipinski definition) is 1. The number of para-hydroxylation sites is 2. The lowest BCUT2D eigenvalue weighted by Crippen LogP contribution is -2.15. The van der Waals surface area contributed by atoms with Crippen LogP contribution in [0.4, 0.5) is 5.82 Å². The number of nitrogen functional groups attached to an aromatic ring is 1. The molecule has 0 bridgehead atoms. The van der Waals surface area contributed by atoms with Crippen LogP contribution < -0.4 is 10.5 Å². The van der Waals surface area contributed by atoms with Crippen LogP contribution in [0.5, 0.6) is 5.75 Å². The summed E-state index contributed by atoms with van der Waals surface area (Å²) >= 11 is 0. The number of rotatable bonds is 7. The molecule has 7 heteroatoms. The van der Waals surface area contributed by atoms with E-state index in [1.165, 1.54) is 0 Å². The number of fused-ring (bicyclic) bond motifs is 2. The van der Waals surface area contributed by atoms with E-state index in [0.29, 0.717) is 35.2 Å². The minimum absolute atomic E-state index is 0.225. The van der Waals surface area contributed by atoms with E-state index >= 15 is 0 Å². The molecule has 5 aromatic rings. The zero-order valence-electron chi connectivity index (χ0n) is 19.6. The molecule has 0 fully saturated rings. The summed E-state index contributed by atoms with van der Waals surface area (Å²) in [6, 6.07) is 25.0. The molecular formula is C28H26N4O3. The summed E-state index contributed by atoms with van der Waals surface area (Å²) in [6.07, 6.45) is 0.457. The van der Waals surface area contributed by atoms with Gasteiger partial charge in [-0.25, -0.2) is 14.8 Å². The Morgan fingerprint density at radius 1 is 0.943 bits per heavy atom. The van der Waals surface area contributed by atoms with Crippen molar-refractivity contribution >= 4 is 34.0 Å². The Morgan fingerprint density at radius 3 is 2.29 bits per heavy atom. The van der Waals surface area contributed by atoms with Gasteiger partial charge in [0, 0.05) is 5.69 Å². The molecule has 1 atom stereocenters. The highest BCUT2D eigenvalue weighted by Crippen LogP contribution is 2.32. The maximum atomic E-state index is 13.1. The molecule has 0 amide bonds. The summed E-state index contributed by atoms with van der Waals surface area (Å²) < 4.78 is 13.3. The molecule has 0 saturated heterocycles. The summed E-state index contributed by atoms with van der Waals surface area (Å²) in [5, 5.41) is 0. The fraction of sp³-hybridized carbons (Fsp3) is 0.179. The molecule has 5 rings (SSSR count). The number of ether oxygens (including phenoxy) is 2. The average Bonchev–Trinajstić information content (AvgIpc) is 3.17. The van der Waals surface area contributed by atoms with E-state index in [-0.39, 0.29) is 17.5 Å². The van der Waals surface area contributed by atoms with Gasteiger partial charge in [0.25, 0.3) is 0 Å². The Balaban J connectivity index is 1.56. The SMILES string of the molecule is CCC(C)OC(=O)c1c(N)n(-c2ccc(OCc3ccccc3)cc2)c2nc3ccccc3nc12. The van der Waals surface area contributed by atoms with Crippen LogP contribution in [0.1, 0.15) is 36.2 Å². The molecule has 0 spiro atoms. The maximum Gasteiger partial charge on any atom is 0.344 e. The standard InChI is InChI=1S/C28H26N4O3/c1-3-18(2)35-28(33)24-25-27(31-23-12-8-7-11-22(23)30-25)32(26(24)29)20-13-15-21(16-14-20)34-17-19-9-5-4-6-10-19/h4-16,18H,3,17,29H2,1-2H3. The molecule has 0 aliphatic heterocycles. The second-order valence-corrected chi connectivity index (χ2v) is 8.37. The quantitative estimate of drug-likeness (QED) is 0.310. The van der Waals surface area contributed by atoms with Gasteiger partial charge >= 0.3 is 5.97 Å². The van der Waals surface area contributed by atoms with Crippen LogP contribution in [0.2, 0.25) is 0 Å². The number of nitrogens with zero attached hydrogens (tertiary/aromatic N) is 3. The van der Waals surface area contributed by atoms with Gasteiger partial charge in [0.05, 0.1) is 17.1 Å². The molecule has 2 heterocycles. The predicted molar refractivity (Wildman–Crippen MR) is 137 cm³/mol. The van der Waals surface area contributed by atoms with Gasteiger partial charge in [0.1, 0.15) is 29.3 Å². The molecule has 0 radical (unpaired) electrons. The first-order chi connectivity index (χ1) is 17.0. The number of aromatic nitrogens is 3.